The summed E-state index contributed by atoms with van der Waals surface area (Å²) in [6.45, 7) is 1.83. The van der Waals surface area contributed by atoms with Crippen molar-refractivity contribution < 1.29 is 13.9 Å². The normalized spacial score (nSPS) is 12.8. The van der Waals surface area contributed by atoms with Gasteiger partial charge in [0.15, 0.2) is 0 Å². The minimum absolute atomic E-state index is 0.0637. The molecule has 1 aromatic heterocycles. The Bertz CT molecular complexity index is 814. The minimum atomic E-state index is -0.754. The molecule has 3 rings (SSSR count). The summed E-state index contributed by atoms with van der Waals surface area (Å²) in [6, 6.07) is 2.48. The third kappa shape index (κ3) is 3.16. The van der Waals surface area contributed by atoms with Crippen molar-refractivity contribution in [1.82, 2.24) is 10.2 Å². The number of hydrogen-bond acceptors (Lipinski definition) is 4. The molecular formula is C16H14Cl2FN3O2. The summed E-state index contributed by atoms with van der Waals surface area (Å²) in [4.78, 5) is 11.5. The first-order valence-electron chi connectivity index (χ1n) is 7.48. The fourth-order valence-corrected chi connectivity index (χ4v) is 3.23. The van der Waals surface area contributed by atoms with Gasteiger partial charge in [-0.3, -0.25) is 5.32 Å². The van der Waals surface area contributed by atoms with Crippen molar-refractivity contribution in [2.24, 2.45) is 0 Å². The molecule has 0 radical (unpaired) electrons. The highest BCUT2D eigenvalue weighted by atomic mass is 35.5. The van der Waals surface area contributed by atoms with Gasteiger partial charge >= 0.3 is 6.09 Å². The Morgan fingerprint density at radius 3 is 2.88 bits per heavy atom. The van der Waals surface area contributed by atoms with Crippen molar-refractivity contribution in [2.45, 2.75) is 26.2 Å². The summed E-state index contributed by atoms with van der Waals surface area (Å²) in [5.41, 5.74) is 2.53. The first kappa shape index (κ1) is 16.9. The largest absolute Gasteiger partial charge is 0.450 e. The van der Waals surface area contributed by atoms with Gasteiger partial charge in [0.1, 0.15) is 11.5 Å². The Labute approximate surface area is 148 Å². The number of fused-ring (bicyclic) bond motifs is 1. The summed E-state index contributed by atoms with van der Waals surface area (Å²) in [7, 11) is 0. The molecule has 0 bridgehead atoms. The number of carbonyl (C=O) groups excluding carboxylic acids is 1. The Hall–Kier alpha value is -1.92. The quantitative estimate of drug-likeness (QED) is 0.855. The maximum absolute atomic E-state index is 14.0. The average Bonchev–Trinajstić information content (AvgIpc) is 3.01. The highest BCUT2D eigenvalue weighted by molar-refractivity contribution is 6.36. The molecule has 2 aromatic rings. The van der Waals surface area contributed by atoms with Crippen LogP contribution in [0.2, 0.25) is 10.0 Å². The number of ether oxygens (including phenoxy) is 1. The zero-order valence-electron chi connectivity index (χ0n) is 12.8. The summed E-state index contributed by atoms with van der Waals surface area (Å²) in [5.74, 6) is -0.679. The summed E-state index contributed by atoms with van der Waals surface area (Å²) < 4.78 is 18.8. The van der Waals surface area contributed by atoms with Crippen LogP contribution >= 0.6 is 23.2 Å². The standard InChI is InChI=1S/C16H14Cl2FN3O2/c1-2-24-16(23)20-13-6-9(10(17)7-11(13)19)15-14(18)8-4-3-5-12(8)21-22-15/h6-7H,2-5H2,1H3,(H,20,23). The molecule has 5 nitrogen and oxygen atoms in total. The molecule has 0 saturated heterocycles. The number of aryl methyl sites for hydroxylation is 1. The van der Waals surface area contributed by atoms with Gasteiger partial charge < -0.3 is 4.74 Å². The molecule has 1 amide bonds. The lowest BCUT2D eigenvalue weighted by Gasteiger charge is -2.12. The molecule has 126 valence electrons. The Morgan fingerprint density at radius 1 is 1.33 bits per heavy atom. The van der Waals surface area contributed by atoms with E-state index < -0.39 is 11.9 Å². The molecule has 1 aliphatic rings. The molecule has 0 spiro atoms. The van der Waals surface area contributed by atoms with Gasteiger partial charge in [0, 0.05) is 5.56 Å². The van der Waals surface area contributed by atoms with Crippen molar-refractivity contribution in [3.8, 4) is 11.3 Å². The van der Waals surface area contributed by atoms with Crippen LogP contribution in [-0.2, 0) is 17.6 Å². The Balaban J connectivity index is 2.04. The van der Waals surface area contributed by atoms with E-state index >= 15 is 0 Å². The number of hydrogen-bond donors (Lipinski definition) is 1. The van der Waals surface area contributed by atoms with Gasteiger partial charge in [0.25, 0.3) is 0 Å². The van der Waals surface area contributed by atoms with Crippen molar-refractivity contribution >= 4 is 35.0 Å². The van der Waals surface area contributed by atoms with Crippen molar-refractivity contribution in [2.75, 3.05) is 11.9 Å². The number of nitrogens with one attached hydrogen (secondary N) is 1. The molecular weight excluding hydrogens is 356 g/mol. The van der Waals surface area contributed by atoms with E-state index in [1.165, 1.54) is 6.07 Å². The molecule has 1 N–H and O–H groups in total. The third-order valence-electron chi connectivity index (χ3n) is 3.76. The lowest BCUT2D eigenvalue weighted by molar-refractivity contribution is 0.168. The molecule has 0 saturated carbocycles. The first-order chi connectivity index (χ1) is 11.5. The average molecular weight is 370 g/mol. The number of benzene rings is 1. The molecule has 1 aromatic carbocycles. The van der Waals surface area contributed by atoms with Crippen LogP contribution in [-0.4, -0.2) is 22.9 Å². The summed E-state index contributed by atoms with van der Waals surface area (Å²) in [5, 5.41) is 11.3. The van der Waals surface area contributed by atoms with Crippen LogP contribution in [0, 0.1) is 5.82 Å². The van der Waals surface area contributed by atoms with Crippen molar-refractivity contribution in [1.29, 1.82) is 0 Å². The third-order valence-corrected chi connectivity index (χ3v) is 4.48. The van der Waals surface area contributed by atoms with Crippen molar-refractivity contribution in [3.05, 3.63) is 39.3 Å². The second-order valence-corrected chi connectivity index (χ2v) is 6.08. The first-order valence-corrected chi connectivity index (χ1v) is 8.24. The number of aromatic nitrogens is 2. The SMILES string of the molecule is CCOC(=O)Nc1cc(-c2nnc3c(c2Cl)CCC3)c(Cl)cc1F. The van der Waals surface area contributed by atoms with Gasteiger partial charge in [-0.15, -0.1) is 5.10 Å². The zero-order chi connectivity index (χ0) is 17.3. The lowest BCUT2D eigenvalue weighted by atomic mass is 10.1. The van der Waals surface area contributed by atoms with E-state index in [1.807, 2.05) is 0 Å². The Morgan fingerprint density at radius 2 is 2.12 bits per heavy atom. The van der Waals surface area contributed by atoms with Gasteiger partial charge in [-0.25, -0.2) is 9.18 Å². The topological polar surface area (TPSA) is 64.1 Å². The number of anilines is 1. The monoisotopic (exact) mass is 369 g/mol. The van der Waals surface area contributed by atoms with E-state index in [9.17, 15) is 9.18 Å². The van der Waals surface area contributed by atoms with E-state index in [0.717, 1.165) is 36.6 Å². The predicted molar refractivity (Wildman–Crippen MR) is 90.1 cm³/mol. The number of nitrogens with zero attached hydrogens (tertiary/aromatic N) is 2. The molecule has 1 aliphatic carbocycles. The zero-order valence-corrected chi connectivity index (χ0v) is 14.3. The second kappa shape index (κ2) is 6.91. The number of carbonyl (C=O) groups is 1. The molecule has 8 heteroatoms. The van der Waals surface area contributed by atoms with Crippen LogP contribution in [0.1, 0.15) is 24.6 Å². The van der Waals surface area contributed by atoms with Crippen LogP contribution in [0.5, 0.6) is 0 Å². The molecule has 1 heterocycles. The van der Waals surface area contributed by atoms with Crippen LogP contribution < -0.4 is 5.32 Å². The fraction of sp³-hybridized carbons (Fsp3) is 0.312. The highest BCUT2D eigenvalue weighted by Crippen LogP contribution is 2.38. The van der Waals surface area contributed by atoms with E-state index in [0.29, 0.717) is 16.3 Å². The molecule has 0 unspecified atom stereocenters. The number of halogens is 3. The van der Waals surface area contributed by atoms with Gasteiger partial charge in [-0.05, 0) is 43.9 Å². The van der Waals surface area contributed by atoms with Crippen LogP contribution in [0.15, 0.2) is 12.1 Å². The molecule has 24 heavy (non-hydrogen) atoms. The maximum atomic E-state index is 14.0. The van der Waals surface area contributed by atoms with Gasteiger partial charge in [-0.1, -0.05) is 23.2 Å². The molecule has 0 aliphatic heterocycles. The van der Waals surface area contributed by atoms with E-state index in [4.69, 9.17) is 27.9 Å². The van der Waals surface area contributed by atoms with E-state index in [2.05, 4.69) is 15.5 Å². The van der Waals surface area contributed by atoms with E-state index in [-0.39, 0.29) is 17.3 Å². The smallest absolute Gasteiger partial charge is 0.411 e. The number of amides is 1. The van der Waals surface area contributed by atoms with Crippen LogP contribution in [0.3, 0.4) is 0 Å². The highest BCUT2D eigenvalue weighted by Gasteiger charge is 2.22. The summed E-state index contributed by atoms with van der Waals surface area (Å²) in [6.07, 6.45) is 1.88. The minimum Gasteiger partial charge on any atom is -0.450 e. The lowest BCUT2D eigenvalue weighted by Crippen LogP contribution is -2.14. The van der Waals surface area contributed by atoms with E-state index in [1.54, 1.807) is 6.92 Å². The summed E-state index contributed by atoms with van der Waals surface area (Å²) >= 11 is 12.6. The molecule has 0 fully saturated rings. The van der Waals surface area contributed by atoms with Crippen LogP contribution in [0.25, 0.3) is 11.3 Å². The fourth-order valence-electron chi connectivity index (χ4n) is 2.65. The van der Waals surface area contributed by atoms with Gasteiger partial charge in [-0.2, -0.15) is 5.10 Å². The maximum Gasteiger partial charge on any atom is 0.411 e. The second-order valence-electron chi connectivity index (χ2n) is 5.30. The number of rotatable bonds is 3. The van der Waals surface area contributed by atoms with Gasteiger partial charge in [0.05, 0.1) is 28.0 Å². The predicted octanol–water partition coefficient (Wildman–Crippen LogP) is 4.65. The van der Waals surface area contributed by atoms with Crippen LogP contribution in [0.4, 0.5) is 14.9 Å². The Kier molecular flexibility index (Phi) is 4.87. The van der Waals surface area contributed by atoms with Gasteiger partial charge in [0.2, 0.25) is 0 Å². The molecule has 0 atom stereocenters. The van der Waals surface area contributed by atoms with Crippen molar-refractivity contribution in [3.63, 3.8) is 0 Å².